The zero-order valence-corrected chi connectivity index (χ0v) is 10.6. The molecule has 0 aromatic heterocycles. The number of nitrogens with one attached hydrogen (secondary N) is 1. The van der Waals surface area contributed by atoms with Gasteiger partial charge < -0.3 is 5.32 Å². The highest BCUT2D eigenvalue weighted by Crippen LogP contribution is 2.34. The molecule has 1 rings (SSSR count). The van der Waals surface area contributed by atoms with Gasteiger partial charge in [0.25, 0.3) is 0 Å². The molecule has 1 aliphatic carbocycles. The van der Waals surface area contributed by atoms with Crippen LogP contribution in [0.25, 0.3) is 0 Å². The van der Waals surface area contributed by atoms with Gasteiger partial charge in [-0.2, -0.15) is 0 Å². The Kier molecular flexibility index (Phi) is 5.38. The smallest absolute Gasteiger partial charge is 0.00979 e. The van der Waals surface area contributed by atoms with Crippen LogP contribution in [0.4, 0.5) is 0 Å². The maximum absolute atomic E-state index is 3.78. The van der Waals surface area contributed by atoms with Crippen LogP contribution in [-0.2, 0) is 0 Å². The minimum atomic E-state index is 0.644. The lowest BCUT2D eigenvalue weighted by molar-refractivity contribution is 0.321. The number of rotatable bonds is 6. The largest absolute Gasteiger partial charge is 0.311 e. The standard InChI is InChI=1S/C14H27N/c1-5-7-8-11(3)15-14-10-9-13(6-2)12(14)4/h5,11-15H,1,6-10H2,2-4H3. The molecule has 15 heavy (non-hydrogen) atoms. The fraction of sp³-hybridized carbons (Fsp3) is 0.857. The minimum Gasteiger partial charge on any atom is -0.311 e. The highest BCUT2D eigenvalue weighted by Gasteiger charge is 2.31. The van der Waals surface area contributed by atoms with Gasteiger partial charge >= 0.3 is 0 Å². The summed E-state index contributed by atoms with van der Waals surface area (Å²) in [6, 6.07) is 1.40. The third kappa shape index (κ3) is 3.64. The van der Waals surface area contributed by atoms with Gasteiger partial charge in [-0.25, -0.2) is 0 Å². The van der Waals surface area contributed by atoms with Crippen molar-refractivity contribution in [3.63, 3.8) is 0 Å². The lowest BCUT2D eigenvalue weighted by atomic mass is 9.93. The molecule has 0 aromatic rings. The molecule has 88 valence electrons. The van der Waals surface area contributed by atoms with Crippen LogP contribution in [0.15, 0.2) is 12.7 Å². The van der Waals surface area contributed by atoms with E-state index in [4.69, 9.17) is 0 Å². The molecule has 0 saturated heterocycles. The lowest BCUT2D eigenvalue weighted by Crippen LogP contribution is -2.38. The van der Waals surface area contributed by atoms with E-state index in [9.17, 15) is 0 Å². The molecule has 0 aromatic carbocycles. The molecule has 1 fully saturated rings. The van der Waals surface area contributed by atoms with Crippen LogP contribution in [0.5, 0.6) is 0 Å². The van der Waals surface area contributed by atoms with Crippen molar-refractivity contribution in [2.75, 3.05) is 0 Å². The zero-order chi connectivity index (χ0) is 11.3. The van der Waals surface area contributed by atoms with E-state index in [0.29, 0.717) is 6.04 Å². The highest BCUT2D eigenvalue weighted by atomic mass is 15.0. The Hall–Kier alpha value is -0.300. The SMILES string of the molecule is C=CCCC(C)NC1CCC(CC)C1C. The predicted octanol–water partition coefficient (Wildman–Crippen LogP) is 3.76. The van der Waals surface area contributed by atoms with Gasteiger partial charge in [0.15, 0.2) is 0 Å². The second-order valence-corrected chi connectivity index (χ2v) is 5.15. The Morgan fingerprint density at radius 1 is 1.47 bits per heavy atom. The summed E-state index contributed by atoms with van der Waals surface area (Å²) >= 11 is 0. The predicted molar refractivity (Wildman–Crippen MR) is 68.0 cm³/mol. The molecule has 1 heteroatoms. The van der Waals surface area contributed by atoms with E-state index in [2.05, 4.69) is 32.7 Å². The topological polar surface area (TPSA) is 12.0 Å². The minimum absolute atomic E-state index is 0.644. The van der Waals surface area contributed by atoms with E-state index < -0.39 is 0 Å². The van der Waals surface area contributed by atoms with Crippen molar-refractivity contribution in [3.05, 3.63) is 12.7 Å². The first-order valence-corrected chi connectivity index (χ1v) is 6.56. The van der Waals surface area contributed by atoms with Gasteiger partial charge in [-0.3, -0.25) is 0 Å². The third-order valence-corrected chi connectivity index (χ3v) is 4.05. The molecule has 1 aliphatic rings. The van der Waals surface area contributed by atoms with E-state index in [1.54, 1.807) is 0 Å². The van der Waals surface area contributed by atoms with Crippen LogP contribution in [0.3, 0.4) is 0 Å². The highest BCUT2D eigenvalue weighted by molar-refractivity contribution is 4.88. The molecule has 1 saturated carbocycles. The van der Waals surface area contributed by atoms with Crippen molar-refractivity contribution in [3.8, 4) is 0 Å². The number of allylic oxidation sites excluding steroid dienone is 1. The van der Waals surface area contributed by atoms with Gasteiger partial charge in [-0.05, 0) is 44.4 Å². The number of hydrogen-bond donors (Lipinski definition) is 1. The first-order chi connectivity index (χ1) is 7.19. The van der Waals surface area contributed by atoms with Gasteiger partial charge in [-0.1, -0.05) is 26.3 Å². The Balaban J connectivity index is 2.29. The Morgan fingerprint density at radius 3 is 2.73 bits per heavy atom. The molecule has 1 nitrogen and oxygen atoms in total. The number of hydrogen-bond acceptors (Lipinski definition) is 1. The molecule has 0 aliphatic heterocycles. The van der Waals surface area contributed by atoms with Gasteiger partial charge in [0, 0.05) is 12.1 Å². The van der Waals surface area contributed by atoms with E-state index in [1.165, 1.54) is 25.7 Å². The molecule has 0 bridgehead atoms. The fourth-order valence-corrected chi connectivity index (χ4v) is 2.88. The second kappa shape index (κ2) is 6.32. The van der Waals surface area contributed by atoms with Crippen LogP contribution in [-0.4, -0.2) is 12.1 Å². The maximum Gasteiger partial charge on any atom is 0.00979 e. The van der Waals surface area contributed by atoms with Crippen LogP contribution >= 0.6 is 0 Å². The third-order valence-electron chi connectivity index (χ3n) is 4.05. The molecular formula is C14H27N. The average molecular weight is 209 g/mol. The van der Waals surface area contributed by atoms with Crippen molar-refractivity contribution < 1.29 is 0 Å². The summed E-state index contributed by atoms with van der Waals surface area (Å²) in [5.74, 6) is 1.82. The van der Waals surface area contributed by atoms with E-state index in [1.807, 2.05) is 6.08 Å². The first-order valence-electron chi connectivity index (χ1n) is 6.56. The van der Waals surface area contributed by atoms with Crippen molar-refractivity contribution in [1.29, 1.82) is 0 Å². The molecule has 0 heterocycles. The second-order valence-electron chi connectivity index (χ2n) is 5.15. The van der Waals surface area contributed by atoms with Gasteiger partial charge in [0.2, 0.25) is 0 Å². The molecule has 4 unspecified atom stereocenters. The summed E-state index contributed by atoms with van der Waals surface area (Å²) in [5, 5.41) is 3.78. The van der Waals surface area contributed by atoms with Crippen LogP contribution in [0, 0.1) is 11.8 Å². The maximum atomic E-state index is 3.78. The normalized spacial score (nSPS) is 32.9. The van der Waals surface area contributed by atoms with E-state index >= 15 is 0 Å². The molecule has 0 radical (unpaired) electrons. The van der Waals surface area contributed by atoms with Crippen molar-refractivity contribution in [2.24, 2.45) is 11.8 Å². The Labute approximate surface area is 95.3 Å². The Bertz CT molecular complexity index is 188. The summed E-state index contributed by atoms with van der Waals surface area (Å²) < 4.78 is 0. The summed E-state index contributed by atoms with van der Waals surface area (Å²) in [6.07, 6.45) is 8.52. The summed E-state index contributed by atoms with van der Waals surface area (Å²) in [4.78, 5) is 0. The first kappa shape index (κ1) is 12.8. The van der Waals surface area contributed by atoms with E-state index in [-0.39, 0.29) is 0 Å². The van der Waals surface area contributed by atoms with E-state index in [0.717, 1.165) is 24.3 Å². The molecule has 1 N–H and O–H groups in total. The molecule has 0 amide bonds. The van der Waals surface area contributed by atoms with Gasteiger partial charge in [-0.15, -0.1) is 6.58 Å². The van der Waals surface area contributed by atoms with Gasteiger partial charge in [0.1, 0.15) is 0 Å². The summed E-state index contributed by atoms with van der Waals surface area (Å²) in [7, 11) is 0. The summed E-state index contributed by atoms with van der Waals surface area (Å²) in [6.45, 7) is 10.8. The van der Waals surface area contributed by atoms with Crippen molar-refractivity contribution >= 4 is 0 Å². The zero-order valence-electron chi connectivity index (χ0n) is 10.6. The molecule has 4 atom stereocenters. The monoisotopic (exact) mass is 209 g/mol. The molecule has 0 spiro atoms. The lowest BCUT2D eigenvalue weighted by Gasteiger charge is -2.24. The average Bonchev–Trinajstić information content (AvgIpc) is 2.57. The summed E-state index contributed by atoms with van der Waals surface area (Å²) in [5.41, 5.74) is 0. The van der Waals surface area contributed by atoms with Crippen LogP contribution in [0.2, 0.25) is 0 Å². The van der Waals surface area contributed by atoms with Gasteiger partial charge in [0.05, 0.1) is 0 Å². The van der Waals surface area contributed by atoms with Crippen molar-refractivity contribution in [1.82, 2.24) is 5.32 Å². The van der Waals surface area contributed by atoms with Crippen LogP contribution < -0.4 is 5.32 Å². The quantitative estimate of drug-likeness (QED) is 0.657. The van der Waals surface area contributed by atoms with Crippen molar-refractivity contribution in [2.45, 2.75) is 65.0 Å². The van der Waals surface area contributed by atoms with Crippen LogP contribution in [0.1, 0.15) is 52.9 Å². The Morgan fingerprint density at radius 2 is 2.20 bits per heavy atom. The molecular weight excluding hydrogens is 182 g/mol. The fourth-order valence-electron chi connectivity index (χ4n) is 2.88.